The Labute approximate surface area is 96.7 Å². The molecule has 0 N–H and O–H groups in total. The molecule has 0 aliphatic heterocycles. The molecule has 0 aliphatic rings. The topological polar surface area (TPSA) is 9.23 Å². The molecule has 1 unspecified atom stereocenters. The molecule has 1 nitrogen and oxygen atoms in total. The zero-order valence-corrected chi connectivity index (χ0v) is 10.00. The summed E-state index contributed by atoms with van der Waals surface area (Å²) in [5, 5.41) is 0.255. The normalized spacial score (nSPS) is 13.0. The molecule has 0 bridgehead atoms. The molecule has 0 radical (unpaired) electrons. The first-order valence-corrected chi connectivity index (χ1v) is 5.60. The van der Waals surface area contributed by atoms with Crippen molar-refractivity contribution in [1.29, 1.82) is 0 Å². The summed E-state index contributed by atoms with van der Waals surface area (Å²) in [5.74, 6) is 0.890. The van der Waals surface area contributed by atoms with Crippen molar-refractivity contribution in [2.24, 2.45) is 0 Å². The number of alkyl halides is 1. The molecule has 0 aliphatic carbocycles. The zero-order chi connectivity index (χ0) is 11.1. The standard InChI is InChI=1S/C13H17ClO/c1-11(14)5-3-4-6-12-7-9-13(15-2)10-8-12/h4,6-11H,3,5H2,1-2H3. The fourth-order valence-electron chi connectivity index (χ4n) is 1.26. The smallest absolute Gasteiger partial charge is 0.118 e. The molecule has 0 aromatic heterocycles. The molecule has 0 amide bonds. The summed E-state index contributed by atoms with van der Waals surface area (Å²) in [6.07, 6.45) is 6.31. The van der Waals surface area contributed by atoms with E-state index >= 15 is 0 Å². The van der Waals surface area contributed by atoms with Crippen molar-refractivity contribution in [1.82, 2.24) is 0 Å². The molecule has 0 heterocycles. The summed E-state index contributed by atoms with van der Waals surface area (Å²) < 4.78 is 5.08. The predicted molar refractivity (Wildman–Crippen MR) is 66.6 cm³/mol. The van der Waals surface area contributed by atoms with Crippen LogP contribution < -0.4 is 4.74 Å². The van der Waals surface area contributed by atoms with E-state index in [9.17, 15) is 0 Å². The van der Waals surface area contributed by atoms with E-state index in [-0.39, 0.29) is 5.38 Å². The molecule has 1 rings (SSSR count). The lowest BCUT2D eigenvalue weighted by molar-refractivity contribution is 0.415. The van der Waals surface area contributed by atoms with Gasteiger partial charge in [-0.3, -0.25) is 0 Å². The molecular formula is C13H17ClO. The SMILES string of the molecule is COc1ccc(C=CCCC(C)Cl)cc1. The van der Waals surface area contributed by atoms with Gasteiger partial charge in [-0.2, -0.15) is 0 Å². The Bertz CT molecular complexity index is 301. The van der Waals surface area contributed by atoms with Crippen molar-refractivity contribution in [3.63, 3.8) is 0 Å². The highest BCUT2D eigenvalue weighted by molar-refractivity contribution is 6.20. The third kappa shape index (κ3) is 4.89. The van der Waals surface area contributed by atoms with E-state index in [0.717, 1.165) is 18.6 Å². The maximum atomic E-state index is 5.85. The van der Waals surface area contributed by atoms with E-state index in [1.807, 2.05) is 31.2 Å². The van der Waals surface area contributed by atoms with E-state index in [1.165, 1.54) is 5.56 Å². The van der Waals surface area contributed by atoms with Crippen LogP contribution in [0.5, 0.6) is 5.75 Å². The number of allylic oxidation sites excluding steroid dienone is 1. The van der Waals surface area contributed by atoms with Gasteiger partial charge in [0.15, 0.2) is 0 Å². The van der Waals surface area contributed by atoms with Crippen molar-refractivity contribution >= 4 is 17.7 Å². The first-order valence-electron chi connectivity index (χ1n) is 5.17. The van der Waals surface area contributed by atoms with Gasteiger partial charge in [0, 0.05) is 5.38 Å². The van der Waals surface area contributed by atoms with Gasteiger partial charge < -0.3 is 4.74 Å². The maximum absolute atomic E-state index is 5.85. The van der Waals surface area contributed by atoms with Gasteiger partial charge in [-0.25, -0.2) is 0 Å². The van der Waals surface area contributed by atoms with Crippen molar-refractivity contribution in [2.45, 2.75) is 25.1 Å². The van der Waals surface area contributed by atoms with Crippen LogP contribution in [0.3, 0.4) is 0 Å². The molecule has 2 heteroatoms. The van der Waals surface area contributed by atoms with Crippen LogP contribution >= 0.6 is 11.6 Å². The van der Waals surface area contributed by atoms with Gasteiger partial charge in [0.1, 0.15) is 5.75 Å². The van der Waals surface area contributed by atoms with E-state index < -0.39 is 0 Å². The van der Waals surface area contributed by atoms with Gasteiger partial charge in [-0.15, -0.1) is 11.6 Å². The Morgan fingerprint density at radius 1 is 1.33 bits per heavy atom. The number of rotatable bonds is 5. The largest absolute Gasteiger partial charge is 0.497 e. The fraction of sp³-hybridized carbons (Fsp3) is 0.385. The average molecular weight is 225 g/mol. The van der Waals surface area contributed by atoms with Gasteiger partial charge in [-0.1, -0.05) is 24.3 Å². The van der Waals surface area contributed by atoms with E-state index in [2.05, 4.69) is 12.2 Å². The summed E-state index contributed by atoms with van der Waals surface area (Å²) in [6.45, 7) is 2.02. The summed E-state index contributed by atoms with van der Waals surface area (Å²) in [4.78, 5) is 0. The van der Waals surface area contributed by atoms with Gasteiger partial charge >= 0.3 is 0 Å². The second kappa shape index (κ2) is 6.52. The molecule has 1 aromatic rings. The third-order valence-electron chi connectivity index (χ3n) is 2.16. The van der Waals surface area contributed by atoms with E-state index in [1.54, 1.807) is 7.11 Å². The van der Waals surface area contributed by atoms with Crippen LogP contribution in [0.2, 0.25) is 0 Å². The van der Waals surface area contributed by atoms with Gasteiger partial charge in [0.2, 0.25) is 0 Å². The van der Waals surface area contributed by atoms with Crippen molar-refractivity contribution in [3.8, 4) is 5.75 Å². The van der Waals surface area contributed by atoms with Crippen LogP contribution in [-0.2, 0) is 0 Å². The summed E-state index contributed by atoms with van der Waals surface area (Å²) in [6, 6.07) is 8.01. The third-order valence-corrected chi connectivity index (χ3v) is 2.38. The van der Waals surface area contributed by atoms with Crippen LogP contribution in [0.1, 0.15) is 25.3 Å². The monoisotopic (exact) mass is 224 g/mol. The first-order chi connectivity index (χ1) is 7.22. The molecule has 0 fully saturated rings. The quantitative estimate of drug-likeness (QED) is 0.684. The zero-order valence-electron chi connectivity index (χ0n) is 9.24. The molecular weight excluding hydrogens is 208 g/mol. The lowest BCUT2D eigenvalue weighted by Crippen LogP contribution is -1.87. The van der Waals surface area contributed by atoms with Gasteiger partial charge in [0.05, 0.1) is 7.11 Å². The first kappa shape index (κ1) is 12.1. The second-order valence-electron chi connectivity index (χ2n) is 3.53. The van der Waals surface area contributed by atoms with Crippen molar-refractivity contribution in [3.05, 3.63) is 35.9 Å². The highest BCUT2D eigenvalue weighted by atomic mass is 35.5. The maximum Gasteiger partial charge on any atom is 0.118 e. The summed E-state index contributed by atoms with van der Waals surface area (Å²) in [5.41, 5.74) is 1.19. The van der Waals surface area contributed by atoms with Crippen LogP contribution in [0.15, 0.2) is 30.3 Å². The Balaban J connectivity index is 2.43. The summed E-state index contributed by atoms with van der Waals surface area (Å²) >= 11 is 5.85. The van der Waals surface area contributed by atoms with Gasteiger partial charge in [0.25, 0.3) is 0 Å². The summed E-state index contributed by atoms with van der Waals surface area (Å²) in [7, 11) is 1.67. The number of ether oxygens (including phenoxy) is 1. The number of halogens is 1. The van der Waals surface area contributed by atoms with Crippen LogP contribution in [0.4, 0.5) is 0 Å². The average Bonchev–Trinajstić information content (AvgIpc) is 2.25. The minimum Gasteiger partial charge on any atom is -0.497 e. The molecule has 0 spiro atoms. The van der Waals surface area contributed by atoms with E-state index in [4.69, 9.17) is 16.3 Å². The van der Waals surface area contributed by atoms with Crippen molar-refractivity contribution in [2.75, 3.05) is 7.11 Å². The van der Waals surface area contributed by atoms with Crippen LogP contribution in [-0.4, -0.2) is 12.5 Å². The van der Waals surface area contributed by atoms with E-state index in [0.29, 0.717) is 0 Å². The fourth-order valence-corrected chi connectivity index (χ4v) is 1.39. The molecule has 0 saturated heterocycles. The Kier molecular flexibility index (Phi) is 5.27. The molecule has 0 saturated carbocycles. The van der Waals surface area contributed by atoms with Crippen LogP contribution in [0, 0.1) is 0 Å². The number of benzene rings is 1. The highest BCUT2D eigenvalue weighted by Crippen LogP contribution is 2.13. The Hall–Kier alpha value is -0.950. The Morgan fingerprint density at radius 3 is 2.53 bits per heavy atom. The van der Waals surface area contributed by atoms with Crippen LogP contribution in [0.25, 0.3) is 6.08 Å². The molecule has 15 heavy (non-hydrogen) atoms. The number of hydrogen-bond donors (Lipinski definition) is 0. The minimum atomic E-state index is 0.255. The Morgan fingerprint density at radius 2 is 2.00 bits per heavy atom. The second-order valence-corrected chi connectivity index (χ2v) is 4.28. The highest BCUT2D eigenvalue weighted by Gasteiger charge is 1.93. The minimum absolute atomic E-state index is 0.255. The number of hydrogen-bond acceptors (Lipinski definition) is 1. The number of methoxy groups -OCH3 is 1. The lowest BCUT2D eigenvalue weighted by Gasteiger charge is -1.99. The predicted octanol–water partition coefficient (Wildman–Crippen LogP) is 4.12. The molecule has 82 valence electrons. The lowest BCUT2D eigenvalue weighted by atomic mass is 10.1. The van der Waals surface area contributed by atoms with Crippen molar-refractivity contribution < 1.29 is 4.74 Å². The molecule has 1 aromatic carbocycles. The molecule has 1 atom stereocenters. The van der Waals surface area contributed by atoms with Gasteiger partial charge in [-0.05, 0) is 37.5 Å².